The fourth-order valence-corrected chi connectivity index (χ4v) is 5.98. The SMILES string of the molecule is Cc1ccc(C2=CN=C(C3C4CC4c4cc(-c5cc(Cl)ccc5-n5cc(C(=O)O)nn5)cc(=O)n43)C2)c(F)n1. The topological polar surface area (TPSA) is 115 Å². The Kier molecular flexibility index (Phi) is 5.18. The molecule has 3 unspecified atom stereocenters. The molecule has 3 aliphatic rings. The molecule has 2 aliphatic heterocycles. The number of aromatic carboxylic acids is 1. The van der Waals surface area contributed by atoms with E-state index in [1.807, 2.05) is 10.6 Å². The maximum atomic E-state index is 14.5. The van der Waals surface area contributed by atoms with Crippen molar-refractivity contribution in [3.8, 4) is 16.8 Å². The molecule has 0 radical (unpaired) electrons. The van der Waals surface area contributed by atoms with E-state index >= 15 is 0 Å². The van der Waals surface area contributed by atoms with Crippen LogP contribution in [0.3, 0.4) is 0 Å². The normalized spacial score (nSPS) is 20.8. The van der Waals surface area contributed by atoms with Crippen molar-refractivity contribution in [2.45, 2.75) is 31.7 Å². The number of allylic oxidation sites excluding steroid dienone is 1. The summed E-state index contributed by atoms with van der Waals surface area (Å²) in [7, 11) is 0. The number of nitrogens with zero attached hydrogens (tertiary/aromatic N) is 6. The van der Waals surface area contributed by atoms with Crippen LogP contribution in [0.1, 0.15) is 52.2 Å². The van der Waals surface area contributed by atoms with Gasteiger partial charge in [-0.2, -0.15) is 4.39 Å². The lowest BCUT2D eigenvalue weighted by molar-refractivity contribution is 0.0690. The molecule has 1 aliphatic carbocycles. The Morgan fingerprint density at radius 3 is 2.77 bits per heavy atom. The second-order valence-corrected chi connectivity index (χ2v) is 10.5. The van der Waals surface area contributed by atoms with Gasteiger partial charge in [0.05, 0.1) is 17.9 Å². The van der Waals surface area contributed by atoms with Crippen LogP contribution in [0.4, 0.5) is 4.39 Å². The number of aliphatic imine (C=N–C) groups is 1. The average molecular weight is 543 g/mol. The molecule has 0 bridgehead atoms. The zero-order chi connectivity index (χ0) is 27.0. The molecule has 3 aromatic heterocycles. The number of carboxylic acids is 1. The van der Waals surface area contributed by atoms with E-state index in [9.17, 15) is 19.1 Å². The monoisotopic (exact) mass is 542 g/mol. The molecule has 0 saturated heterocycles. The number of aromatic nitrogens is 5. The van der Waals surface area contributed by atoms with Gasteiger partial charge in [-0.1, -0.05) is 16.8 Å². The predicted octanol–water partition coefficient (Wildman–Crippen LogP) is 4.83. The number of hydrogen-bond donors (Lipinski definition) is 1. The maximum absolute atomic E-state index is 14.5. The van der Waals surface area contributed by atoms with Crippen LogP contribution in [0, 0.1) is 18.8 Å². The molecule has 11 heteroatoms. The molecule has 0 spiro atoms. The molecule has 9 nitrogen and oxygen atoms in total. The maximum Gasteiger partial charge on any atom is 0.358 e. The Labute approximate surface area is 225 Å². The Morgan fingerprint density at radius 2 is 2.00 bits per heavy atom. The zero-order valence-corrected chi connectivity index (χ0v) is 21.3. The highest BCUT2D eigenvalue weighted by atomic mass is 35.5. The first kappa shape index (κ1) is 23.7. The van der Waals surface area contributed by atoms with Gasteiger partial charge in [-0.05, 0) is 66.8 Å². The molecule has 5 heterocycles. The second kappa shape index (κ2) is 8.54. The van der Waals surface area contributed by atoms with Crippen molar-refractivity contribution in [2.24, 2.45) is 10.9 Å². The number of fused-ring (bicyclic) bond motifs is 3. The lowest BCUT2D eigenvalue weighted by Crippen LogP contribution is -2.29. The Bertz CT molecular complexity index is 1840. The molecule has 1 N–H and O–H groups in total. The van der Waals surface area contributed by atoms with Gasteiger partial charge in [0.25, 0.3) is 5.56 Å². The van der Waals surface area contributed by atoms with Gasteiger partial charge < -0.3 is 9.67 Å². The summed E-state index contributed by atoms with van der Waals surface area (Å²) in [6, 6.07) is 12.0. The van der Waals surface area contributed by atoms with E-state index in [0.717, 1.165) is 23.4 Å². The highest BCUT2D eigenvalue weighted by molar-refractivity contribution is 6.31. The predicted molar refractivity (Wildman–Crippen MR) is 142 cm³/mol. The number of hydrogen-bond acceptors (Lipinski definition) is 6. The minimum atomic E-state index is -1.19. The van der Waals surface area contributed by atoms with Crippen LogP contribution >= 0.6 is 11.6 Å². The van der Waals surface area contributed by atoms with E-state index in [4.69, 9.17) is 11.6 Å². The van der Waals surface area contributed by atoms with Crippen molar-refractivity contribution in [3.05, 3.63) is 98.8 Å². The van der Waals surface area contributed by atoms with Crippen molar-refractivity contribution < 1.29 is 14.3 Å². The van der Waals surface area contributed by atoms with Gasteiger partial charge in [0.15, 0.2) is 5.69 Å². The van der Waals surface area contributed by atoms with Gasteiger partial charge in [-0.15, -0.1) is 5.10 Å². The van der Waals surface area contributed by atoms with Gasteiger partial charge >= 0.3 is 5.97 Å². The molecular weight excluding hydrogens is 523 g/mol. The molecule has 3 atom stereocenters. The molecule has 4 aromatic rings. The van der Waals surface area contributed by atoms with Gasteiger partial charge in [-0.25, -0.2) is 14.5 Å². The van der Waals surface area contributed by atoms with E-state index in [0.29, 0.717) is 39.5 Å². The van der Waals surface area contributed by atoms with Crippen LogP contribution in [0.5, 0.6) is 0 Å². The third-order valence-electron chi connectivity index (χ3n) is 7.66. The highest BCUT2D eigenvalue weighted by Gasteiger charge is 2.54. The minimum Gasteiger partial charge on any atom is -0.476 e. The van der Waals surface area contributed by atoms with E-state index in [1.165, 1.54) is 10.9 Å². The second-order valence-electron chi connectivity index (χ2n) is 10.1. The van der Waals surface area contributed by atoms with Crippen LogP contribution in [-0.4, -0.2) is 41.3 Å². The molecule has 1 fully saturated rings. The number of carboxylic acid groups (broad SMARTS) is 1. The fraction of sp³-hybridized carbons (Fsp3) is 0.214. The van der Waals surface area contributed by atoms with E-state index < -0.39 is 11.9 Å². The summed E-state index contributed by atoms with van der Waals surface area (Å²) in [5, 5.41) is 17.4. The first-order chi connectivity index (χ1) is 18.8. The smallest absolute Gasteiger partial charge is 0.358 e. The van der Waals surface area contributed by atoms with Crippen molar-refractivity contribution in [1.82, 2.24) is 24.5 Å². The molecule has 1 saturated carbocycles. The summed E-state index contributed by atoms with van der Waals surface area (Å²) in [4.78, 5) is 33.5. The lowest BCUT2D eigenvalue weighted by Gasteiger charge is -2.20. The van der Waals surface area contributed by atoms with Gasteiger partial charge in [-0.3, -0.25) is 9.79 Å². The molecule has 0 amide bonds. The van der Waals surface area contributed by atoms with Crippen molar-refractivity contribution in [2.75, 3.05) is 0 Å². The Balaban J connectivity index is 1.24. The van der Waals surface area contributed by atoms with E-state index in [1.54, 1.807) is 49.5 Å². The van der Waals surface area contributed by atoms with Gasteiger partial charge in [0.2, 0.25) is 5.95 Å². The van der Waals surface area contributed by atoms with Crippen LogP contribution in [0.25, 0.3) is 22.4 Å². The van der Waals surface area contributed by atoms with Crippen molar-refractivity contribution in [1.29, 1.82) is 0 Å². The third-order valence-corrected chi connectivity index (χ3v) is 7.90. The van der Waals surface area contributed by atoms with E-state index in [2.05, 4.69) is 20.3 Å². The number of halogens is 2. The molecule has 7 rings (SSSR count). The summed E-state index contributed by atoms with van der Waals surface area (Å²) in [6.07, 6.45) is 4.40. The first-order valence-corrected chi connectivity index (χ1v) is 12.8. The van der Waals surface area contributed by atoms with Crippen LogP contribution in [0.2, 0.25) is 5.02 Å². The first-order valence-electron chi connectivity index (χ1n) is 12.4. The standard InChI is InChI=1S/C28H20ClFN6O3/c1-13-2-4-17(27(30)32-13)15-6-21(31-11-15)26-20-10-19(20)24-7-14(8-25(37)36(24)26)18-9-16(29)3-5-23(18)35-12-22(28(38)39)33-34-35/h2-5,7-9,11-12,19-20,26H,6,10H2,1H3,(H,38,39). The quantitative estimate of drug-likeness (QED) is 0.361. The van der Waals surface area contributed by atoms with E-state index in [-0.39, 0.29) is 29.1 Å². The number of aryl methyl sites for hydroxylation is 1. The number of pyridine rings is 2. The lowest BCUT2D eigenvalue weighted by atomic mass is 9.98. The zero-order valence-electron chi connectivity index (χ0n) is 20.5. The fourth-order valence-electron chi connectivity index (χ4n) is 5.81. The van der Waals surface area contributed by atoms with Crippen LogP contribution in [-0.2, 0) is 0 Å². The summed E-state index contributed by atoms with van der Waals surface area (Å²) < 4.78 is 17.7. The molecular formula is C28H20ClFN6O3. The average Bonchev–Trinajstić information content (AvgIpc) is 3.22. The van der Waals surface area contributed by atoms with Crippen LogP contribution < -0.4 is 5.56 Å². The molecule has 194 valence electrons. The van der Waals surface area contributed by atoms with Gasteiger partial charge in [0, 0.05) is 57.9 Å². The summed E-state index contributed by atoms with van der Waals surface area (Å²) in [5.74, 6) is -1.23. The number of rotatable bonds is 5. The summed E-state index contributed by atoms with van der Waals surface area (Å²) in [5.41, 5.74) is 5.03. The Morgan fingerprint density at radius 1 is 1.15 bits per heavy atom. The largest absolute Gasteiger partial charge is 0.476 e. The van der Waals surface area contributed by atoms with Crippen molar-refractivity contribution >= 4 is 28.9 Å². The van der Waals surface area contributed by atoms with Crippen LogP contribution in [0.15, 0.2) is 64.6 Å². The number of benzene rings is 1. The molecule has 39 heavy (non-hydrogen) atoms. The summed E-state index contributed by atoms with van der Waals surface area (Å²) >= 11 is 6.32. The highest BCUT2D eigenvalue weighted by Crippen LogP contribution is 2.60. The molecule has 1 aromatic carbocycles. The summed E-state index contributed by atoms with van der Waals surface area (Å²) in [6.45, 7) is 1.74. The Hall–Kier alpha value is -4.44. The third kappa shape index (κ3) is 3.82. The minimum absolute atomic E-state index is 0.172. The van der Waals surface area contributed by atoms with Crippen molar-refractivity contribution in [3.63, 3.8) is 0 Å². The van der Waals surface area contributed by atoms with Gasteiger partial charge in [0.1, 0.15) is 0 Å². The number of carbonyl (C=O) groups is 1.